The Labute approximate surface area is 94.5 Å². The molecule has 78 valence electrons. The van der Waals surface area contributed by atoms with Crippen LogP contribution in [0, 0.1) is 18.3 Å². The van der Waals surface area contributed by atoms with Gasteiger partial charge in [-0.05, 0) is 30.7 Å². The number of aryl methyl sites for hydroxylation is 1. The molecule has 2 heterocycles. The molecule has 1 aliphatic heterocycles. The molecule has 1 aromatic heterocycles. The van der Waals surface area contributed by atoms with Crippen LogP contribution in [0.4, 0.5) is 0 Å². The lowest BCUT2D eigenvalue weighted by Crippen LogP contribution is -1.93. The van der Waals surface area contributed by atoms with Gasteiger partial charge in [-0.1, -0.05) is 6.58 Å². The first-order valence-corrected chi connectivity index (χ1v) is 4.99. The van der Waals surface area contributed by atoms with Crippen molar-refractivity contribution in [3.63, 3.8) is 0 Å². The van der Waals surface area contributed by atoms with E-state index in [9.17, 15) is 0 Å². The number of aromatic nitrogens is 1. The van der Waals surface area contributed by atoms with Crippen molar-refractivity contribution in [2.75, 3.05) is 6.54 Å². The van der Waals surface area contributed by atoms with Crippen LogP contribution >= 0.6 is 0 Å². The Bertz CT molecular complexity index is 545. The summed E-state index contributed by atoms with van der Waals surface area (Å²) in [6, 6.07) is 4.03. The Morgan fingerprint density at radius 2 is 2.38 bits per heavy atom. The highest BCUT2D eigenvalue weighted by Crippen LogP contribution is 2.19. The zero-order chi connectivity index (χ0) is 11.5. The predicted octanol–water partition coefficient (Wildman–Crippen LogP) is 2.29. The smallest absolute Gasteiger partial charge is 0.101 e. The molecular formula is C13H11N3. The highest BCUT2D eigenvalue weighted by Gasteiger charge is 2.10. The van der Waals surface area contributed by atoms with Crippen molar-refractivity contribution in [2.24, 2.45) is 4.99 Å². The van der Waals surface area contributed by atoms with E-state index in [1.807, 2.05) is 19.1 Å². The molecule has 0 fully saturated rings. The standard InChI is InChI=1S/C13H11N3/c1-3-12-5-10(7-15-12)13-4-9(2)11(6-14)8-16-13/h3-5,8H,1,7H2,2H3. The van der Waals surface area contributed by atoms with Gasteiger partial charge in [0, 0.05) is 11.8 Å². The van der Waals surface area contributed by atoms with Crippen LogP contribution in [0.3, 0.4) is 0 Å². The first-order chi connectivity index (χ1) is 7.74. The van der Waals surface area contributed by atoms with Gasteiger partial charge in [0.05, 0.1) is 23.5 Å². The Morgan fingerprint density at radius 3 is 2.94 bits per heavy atom. The van der Waals surface area contributed by atoms with Crippen molar-refractivity contribution >= 4 is 11.3 Å². The lowest BCUT2D eigenvalue weighted by atomic mass is 10.1. The van der Waals surface area contributed by atoms with Gasteiger partial charge in [-0.25, -0.2) is 0 Å². The largest absolute Gasteiger partial charge is 0.281 e. The van der Waals surface area contributed by atoms with Crippen molar-refractivity contribution in [1.82, 2.24) is 4.98 Å². The van der Waals surface area contributed by atoms with Gasteiger partial charge in [0.15, 0.2) is 0 Å². The predicted molar refractivity (Wildman–Crippen MR) is 64.2 cm³/mol. The molecule has 0 amide bonds. The molecule has 0 aliphatic carbocycles. The number of rotatable bonds is 2. The maximum absolute atomic E-state index is 8.81. The first kappa shape index (κ1) is 10.3. The average molecular weight is 209 g/mol. The van der Waals surface area contributed by atoms with Crippen molar-refractivity contribution in [1.29, 1.82) is 5.26 Å². The lowest BCUT2D eigenvalue weighted by Gasteiger charge is -2.02. The summed E-state index contributed by atoms with van der Waals surface area (Å²) in [5.74, 6) is 0. The van der Waals surface area contributed by atoms with E-state index in [4.69, 9.17) is 5.26 Å². The molecule has 3 heteroatoms. The molecule has 3 nitrogen and oxygen atoms in total. The van der Waals surface area contributed by atoms with E-state index in [-0.39, 0.29) is 0 Å². The summed E-state index contributed by atoms with van der Waals surface area (Å²) in [4.78, 5) is 8.55. The Balaban J connectivity index is 2.35. The Hall–Kier alpha value is -2.21. The monoisotopic (exact) mass is 209 g/mol. The molecule has 1 aromatic rings. The van der Waals surface area contributed by atoms with Gasteiger partial charge in [0.1, 0.15) is 6.07 Å². The second kappa shape index (κ2) is 4.11. The van der Waals surface area contributed by atoms with Gasteiger partial charge in [-0.2, -0.15) is 5.26 Å². The highest BCUT2D eigenvalue weighted by molar-refractivity contribution is 6.10. The average Bonchev–Trinajstić information content (AvgIpc) is 2.77. The normalized spacial score (nSPS) is 14.0. The second-order valence-corrected chi connectivity index (χ2v) is 3.61. The van der Waals surface area contributed by atoms with Gasteiger partial charge in [-0.15, -0.1) is 0 Å². The molecule has 2 rings (SSSR count). The molecule has 0 aromatic carbocycles. The summed E-state index contributed by atoms with van der Waals surface area (Å²) in [6.07, 6.45) is 5.31. The number of hydrogen-bond acceptors (Lipinski definition) is 3. The molecule has 0 bridgehead atoms. The third kappa shape index (κ3) is 1.78. The number of pyridine rings is 1. The van der Waals surface area contributed by atoms with Crippen LogP contribution in [0.1, 0.15) is 16.8 Å². The van der Waals surface area contributed by atoms with Crippen molar-refractivity contribution in [2.45, 2.75) is 6.92 Å². The van der Waals surface area contributed by atoms with Gasteiger partial charge >= 0.3 is 0 Å². The van der Waals surface area contributed by atoms with Gasteiger partial charge in [0.25, 0.3) is 0 Å². The molecule has 0 radical (unpaired) electrons. The molecular weight excluding hydrogens is 198 g/mol. The van der Waals surface area contributed by atoms with Gasteiger partial charge in [0.2, 0.25) is 0 Å². The first-order valence-electron chi connectivity index (χ1n) is 4.99. The Kier molecular flexibility index (Phi) is 2.65. The molecule has 0 saturated carbocycles. The van der Waals surface area contributed by atoms with E-state index in [2.05, 4.69) is 22.6 Å². The van der Waals surface area contributed by atoms with Crippen LogP contribution in [0.2, 0.25) is 0 Å². The molecule has 0 spiro atoms. The minimum absolute atomic E-state index is 0.618. The molecule has 16 heavy (non-hydrogen) atoms. The SMILES string of the molecule is C=CC1=NCC(c2cc(C)c(C#N)cn2)=C1. The maximum atomic E-state index is 8.81. The quantitative estimate of drug-likeness (QED) is 0.750. The summed E-state index contributed by atoms with van der Waals surface area (Å²) in [6.45, 7) is 6.23. The third-order valence-electron chi connectivity index (χ3n) is 2.52. The second-order valence-electron chi connectivity index (χ2n) is 3.61. The summed E-state index contributed by atoms with van der Waals surface area (Å²) in [7, 11) is 0. The van der Waals surface area contributed by atoms with Crippen molar-refractivity contribution in [3.8, 4) is 6.07 Å². The number of aliphatic imine (C=N–C) groups is 1. The van der Waals surface area contributed by atoms with E-state index < -0.39 is 0 Å². The molecule has 0 unspecified atom stereocenters. The van der Waals surface area contributed by atoms with E-state index in [1.54, 1.807) is 12.3 Å². The summed E-state index contributed by atoms with van der Waals surface area (Å²) >= 11 is 0. The topological polar surface area (TPSA) is 49.0 Å². The maximum Gasteiger partial charge on any atom is 0.101 e. The summed E-state index contributed by atoms with van der Waals surface area (Å²) < 4.78 is 0. The van der Waals surface area contributed by atoms with Crippen LogP contribution in [0.25, 0.3) is 5.57 Å². The summed E-state index contributed by atoms with van der Waals surface area (Å²) in [5, 5.41) is 8.81. The fourth-order valence-electron chi connectivity index (χ4n) is 1.57. The molecule has 1 aliphatic rings. The van der Waals surface area contributed by atoms with Crippen LogP contribution in [0.5, 0.6) is 0 Å². The minimum Gasteiger partial charge on any atom is -0.281 e. The summed E-state index contributed by atoms with van der Waals surface area (Å²) in [5.41, 5.74) is 4.41. The zero-order valence-corrected chi connectivity index (χ0v) is 9.07. The fraction of sp³-hybridized carbons (Fsp3) is 0.154. The molecule has 0 N–H and O–H groups in total. The molecule has 0 saturated heterocycles. The van der Waals surface area contributed by atoms with E-state index >= 15 is 0 Å². The van der Waals surface area contributed by atoms with Crippen LogP contribution in [-0.4, -0.2) is 17.2 Å². The van der Waals surface area contributed by atoms with E-state index in [0.717, 1.165) is 22.5 Å². The zero-order valence-electron chi connectivity index (χ0n) is 9.07. The van der Waals surface area contributed by atoms with Crippen LogP contribution in [0.15, 0.2) is 36.0 Å². The highest BCUT2D eigenvalue weighted by atomic mass is 14.8. The van der Waals surface area contributed by atoms with Crippen molar-refractivity contribution < 1.29 is 0 Å². The van der Waals surface area contributed by atoms with Crippen LogP contribution < -0.4 is 0 Å². The number of allylic oxidation sites excluding steroid dienone is 2. The number of nitrogens with zero attached hydrogens (tertiary/aromatic N) is 3. The minimum atomic E-state index is 0.618. The third-order valence-corrected chi connectivity index (χ3v) is 2.52. The van der Waals surface area contributed by atoms with E-state index in [1.165, 1.54) is 0 Å². The van der Waals surface area contributed by atoms with Crippen molar-refractivity contribution in [3.05, 3.63) is 47.8 Å². The van der Waals surface area contributed by atoms with Gasteiger partial charge < -0.3 is 0 Å². The number of hydrogen-bond donors (Lipinski definition) is 0. The van der Waals surface area contributed by atoms with E-state index in [0.29, 0.717) is 12.1 Å². The lowest BCUT2D eigenvalue weighted by molar-refractivity contribution is 1.18. The number of nitriles is 1. The molecule has 0 atom stereocenters. The van der Waals surface area contributed by atoms with Crippen LogP contribution in [-0.2, 0) is 0 Å². The fourth-order valence-corrected chi connectivity index (χ4v) is 1.57. The van der Waals surface area contributed by atoms with Gasteiger partial charge in [-0.3, -0.25) is 9.98 Å². The Morgan fingerprint density at radius 1 is 1.56 bits per heavy atom.